The van der Waals surface area contributed by atoms with E-state index in [0.717, 1.165) is 24.4 Å². The van der Waals surface area contributed by atoms with Crippen LogP contribution in [-0.4, -0.2) is 61.9 Å². The van der Waals surface area contributed by atoms with Crippen LogP contribution >= 0.6 is 0 Å². The van der Waals surface area contributed by atoms with Crippen molar-refractivity contribution in [2.24, 2.45) is 4.99 Å². The van der Waals surface area contributed by atoms with Crippen molar-refractivity contribution in [1.82, 2.24) is 15.5 Å². The van der Waals surface area contributed by atoms with Crippen LogP contribution in [0.25, 0.3) is 0 Å². The van der Waals surface area contributed by atoms with Gasteiger partial charge in [-0.2, -0.15) is 0 Å². The van der Waals surface area contributed by atoms with Gasteiger partial charge in [-0.1, -0.05) is 25.5 Å². The van der Waals surface area contributed by atoms with Crippen LogP contribution in [0.2, 0.25) is 0 Å². The Kier molecular flexibility index (Phi) is 8.07. The average Bonchev–Trinajstić information content (AvgIpc) is 2.68. The number of unbranched alkanes of at least 4 members (excludes halogenated alkanes) is 1. The predicted molar refractivity (Wildman–Crippen MR) is 118 cm³/mol. The van der Waals surface area contributed by atoms with Crippen LogP contribution in [0.15, 0.2) is 29.3 Å². The lowest BCUT2D eigenvalue weighted by Crippen LogP contribution is -2.57. The number of hydrogen-bond donors (Lipinski definition) is 2. The van der Waals surface area contributed by atoms with Gasteiger partial charge in [0.2, 0.25) is 0 Å². The number of nitrogens with one attached hydrogen (secondary N) is 2. The van der Waals surface area contributed by atoms with Gasteiger partial charge in [0.25, 0.3) is 5.91 Å². The van der Waals surface area contributed by atoms with Crippen molar-refractivity contribution in [2.45, 2.75) is 51.8 Å². The van der Waals surface area contributed by atoms with Gasteiger partial charge in [-0.25, -0.2) is 13.4 Å². The van der Waals surface area contributed by atoms with Crippen molar-refractivity contribution in [3.63, 3.8) is 0 Å². The van der Waals surface area contributed by atoms with Gasteiger partial charge in [0, 0.05) is 31.7 Å². The molecule has 0 atom stereocenters. The molecule has 162 valence electrons. The number of carbonyl (C=O) groups excluding carboxylic acids is 1. The van der Waals surface area contributed by atoms with Crippen LogP contribution in [-0.2, 0) is 16.4 Å². The van der Waals surface area contributed by atoms with Gasteiger partial charge < -0.3 is 15.5 Å². The summed E-state index contributed by atoms with van der Waals surface area (Å²) in [5, 5.41) is 6.17. The molecular weight excluding hydrogens is 388 g/mol. The van der Waals surface area contributed by atoms with Gasteiger partial charge in [-0.3, -0.25) is 4.79 Å². The lowest BCUT2D eigenvalue weighted by Gasteiger charge is -2.39. The molecule has 1 amide bonds. The lowest BCUT2D eigenvalue weighted by molar-refractivity contribution is 0.0953. The summed E-state index contributed by atoms with van der Waals surface area (Å²) in [4.78, 5) is 18.8. The van der Waals surface area contributed by atoms with Crippen LogP contribution < -0.4 is 10.6 Å². The topological polar surface area (TPSA) is 90.9 Å². The second kappa shape index (κ2) is 10.1. The van der Waals surface area contributed by atoms with Crippen LogP contribution in [0.5, 0.6) is 0 Å². The van der Waals surface area contributed by atoms with Gasteiger partial charge in [0.1, 0.15) is 0 Å². The molecule has 0 saturated carbocycles. The Bertz CT molecular complexity index is 817. The normalized spacial score (nSPS) is 18.3. The third-order valence-corrected chi connectivity index (χ3v) is 7.65. The Morgan fingerprint density at radius 3 is 2.45 bits per heavy atom. The van der Waals surface area contributed by atoms with Gasteiger partial charge in [-0.05, 0) is 44.9 Å². The van der Waals surface area contributed by atoms with Gasteiger partial charge >= 0.3 is 0 Å². The molecule has 1 aliphatic heterocycles. The first-order valence-electron chi connectivity index (χ1n) is 10.3. The Hall–Kier alpha value is -2.09. The molecule has 0 radical (unpaired) electrons. The van der Waals surface area contributed by atoms with E-state index in [9.17, 15) is 13.2 Å². The second-order valence-electron chi connectivity index (χ2n) is 7.98. The maximum Gasteiger partial charge on any atom is 0.251 e. The summed E-state index contributed by atoms with van der Waals surface area (Å²) in [5.41, 5.74) is 1.64. The van der Waals surface area contributed by atoms with Crippen LogP contribution in [0, 0.1) is 0 Å². The molecule has 1 fully saturated rings. The van der Waals surface area contributed by atoms with Crippen molar-refractivity contribution in [1.29, 1.82) is 0 Å². The zero-order valence-corrected chi connectivity index (χ0v) is 18.8. The van der Waals surface area contributed by atoms with E-state index in [1.165, 1.54) is 0 Å². The Morgan fingerprint density at radius 1 is 1.17 bits per heavy atom. The molecule has 0 unspecified atom stereocenters. The largest absolute Gasteiger partial charge is 0.357 e. The summed E-state index contributed by atoms with van der Waals surface area (Å²) in [6.45, 7) is 10.3. The predicted octanol–water partition coefficient (Wildman–Crippen LogP) is 2.19. The van der Waals surface area contributed by atoms with Crippen LogP contribution in [0.4, 0.5) is 0 Å². The molecule has 2 rings (SSSR count). The maximum atomic E-state index is 12.3. The minimum absolute atomic E-state index is 0.0569. The minimum Gasteiger partial charge on any atom is -0.357 e. The summed E-state index contributed by atoms with van der Waals surface area (Å²) in [7, 11) is -3.09. The zero-order chi connectivity index (χ0) is 21.5. The number of sulfone groups is 1. The third-order valence-electron chi connectivity index (χ3n) is 5.12. The standard InChI is InChI=1S/C21H34N4O3S/c1-5-7-12-23-19(26)18-10-8-17(9-11-18)15-24-20(22-6-2)25-13-14-29(27,28)21(3,4)16-25/h8-11H,5-7,12-16H2,1-4H3,(H,22,24)(H,23,26). The highest BCUT2D eigenvalue weighted by molar-refractivity contribution is 7.92. The SMILES string of the molecule is CCCCNC(=O)c1ccc(CN=C(NCC)N2CCS(=O)(=O)C(C)(C)C2)cc1. The second-order valence-corrected chi connectivity index (χ2v) is 10.7. The Labute approximate surface area is 174 Å². The first-order chi connectivity index (χ1) is 13.7. The van der Waals surface area contributed by atoms with Crippen molar-refractivity contribution >= 4 is 21.7 Å². The molecule has 29 heavy (non-hydrogen) atoms. The smallest absolute Gasteiger partial charge is 0.251 e. The number of carbonyl (C=O) groups is 1. The van der Waals surface area contributed by atoms with E-state index in [-0.39, 0.29) is 11.7 Å². The third kappa shape index (κ3) is 6.19. The summed E-state index contributed by atoms with van der Waals surface area (Å²) in [5.74, 6) is 0.794. The molecular formula is C21H34N4O3S. The number of hydrogen-bond acceptors (Lipinski definition) is 4. The molecule has 8 heteroatoms. The van der Waals surface area contributed by atoms with E-state index in [1.807, 2.05) is 36.1 Å². The average molecular weight is 423 g/mol. The molecule has 1 aromatic carbocycles. The number of amides is 1. The quantitative estimate of drug-likeness (QED) is 0.399. The maximum absolute atomic E-state index is 12.3. The number of nitrogens with zero attached hydrogens (tertiary/aromatic N) is 2. The van der Waals surface area contributed by atoms with E-state index in [1.54, 1.807) is 13.8 Å². The zero-order valence-electron chi connectivity index (χ0n) is 18.0. The molecule has 1 aromatic rings. The van der Waals surface area contributed by atoms with Gasteiger partial charge in [0.05, 0.1) is 17.0 Å². The molecule has 0 aliphatic carbocycles. The van der Waals surface area contributed by atoms with Crippen molar-refractivity contribution in [3.05, 3.63) is 35.4 Å². The molecule has 1 heterocycles. The van der Waals surface area contributed by atoms with Crippen LogP contribution in [0.1, 0.15) is 56.5 Å². The molecule has 2 N–H and O–H groups in total. The number of guanidine groups is 1. The summed E-state index contributed by atoms with van der Waals surface area (Å²) < 4.78 is 23.7. The van der Waals surface area contributed by atoms with E-state index >= 15 is 0 Å². The van der Waals surface area contributed by atoms with Crippen LogP contribution in [0.3, 0.4) is 0 Å². The Balaban J connectivity index is 2.04. The van der Waals surface area contributed by atoms with Gasteiger partial charge in [0.15, 0.2) is 15.8 Å². The highest BCUT2D eigenvalue weighted by Gasteiger charge is 2.40. The lowest BCUT2D eigenvalue weighted by atomic mass is 10.1. The van der Waals surface area contributed by atoms with Crippen molar-refractivity contribution in [3.8, 4) is 0 Å². The number of benzene rings is 1. The van der Waals surface area contributed by atoms with E-state index in [0.29, 0.717) is 38.3 Å². The van der Waals surface area contributed by atoms with Crippen molar-refractivity contribution < 1.29 is 13.2 Å². The highest BCUT2D eigenvalue weighted by atomic mass is 32.2. The van der Waals surface area contributed by atoms with E-state index in [2.05, 4.69) is 17.6 Å². The first kappa shape index (κ1) is 23.2. The first-order valence-corrected chi connectivity index (χ1v) is 12.0. The molecule has 7 nitrogen and oxygen atoms in total. The Morgan fingerprint density at radius 2 is 1.86 bits per heavy atom. The fourth-order valence-electron chi connectivity index (χ4n) is 3.16. The summed E-state index contributed by atoms with van der Waals surface area (Å²) in [6.07, 6.45) is 2.02. The fourth-order valence-corrected chi connectivity index (χ4v) is 4.52. The molecule has 0 aromatic heterocycles. The highest BCUT2D eigenvalue weighted by Crippen LogP contribution is 2.23. The molecule has 0 spiro atoms. The van der Waals surface area contributed by atoms with E-state index in [4.69, 9.17) is 4.99 Å². The number of rotatable bonds is 7. The minimum atomic E-state index is -3.09. The number of aliphatic imine (C=N–C) groups is 1. The monoisotopic (exact) mass is 422 g/mol. The molecule has 0 bridgehead atoms. The molecule has 1 aliphatic rings. The van der Waals surface area contributed by atoms with Crippen molar-refractivity contribution in [2.75, 3.05) is 31.9 Å². The fraction of sp³-hybridized carbons (Fsp3) is 0.619. The molecule has 1 saturated heterocycles. The van der Waals surface area contributed by atoms with Gasteiger partial charge in [-0.15, -0.1) is 0 Å². The summed E-state index contributed by atoms with van der Waals surface area (Å²) in [6, 6.07) is 7.45. The summed E-state index contributed by atoms with van der Waals surface area (Å²) >= 11 is 0. The van der Waals surface area contributed by atoms with E-state index < -0.39 is 14.6 Å².